The minimum atomic E-state index is -0.131. The molecule has 7 heteroatoms. The molecule has 2 aromatic heterocycles. The largest absolute Gasteiger partial charge is 0.395 e. The molecule has 2 aromatic rings. The molecule has 24 heavy (non-hydrogen) atoms. The van der Waals surface area contributed by atoms with Crippen LogP contribution in [0.1, 0.15) is 38.1 Å². The van der Waals surface area contributed by atoms with Crippen molar-refractivity contribution in [1.29, 1.82) is 0 Å². The number of hydrogen-bond acceptors (Lipinski definition) is 7. The monoisotopic (exact) mass is 367 g/mol. The van der Waals surface area contributed by atoms with Crippen LogP contribution in [0.4, 0.5) is 5.82 Å². The minimum Gasteiger partial charge on any atom is -0.395 e. The van der Waals surface area contributed by atoms with Crippen LogP contribution in [0.2, 0.25) is 0 Å². The minimum absolute atomic E-state index is 0.107. The predicted octanol–water partition coefficient (Wildman–Crippen LogP) is 3.47. The number of nitrogens with zero attached hydrogens (tertiary/aromatic N) is 3. The molecule has 0 saturated carbocycles. The van der Waals surface area contributed by atoms with Crippen molar-refractivity contribution in [3.8, 4) is 0 Å². The second-order valence-corrected chi connectivity index (χ2v) is 9.70. The maximum absolute atomic E-state index is 9.31. The fourth-order valence-corrected chi connectivity index (χ4v) is 5.02. The van der Waals surface area contributed by atoms with Crippen LogP contribution in [0.3, 0.4) is 0 Å². The number of ether oxygens (including phenoxy) is 1. The van der Waals surface area contributed by atoms with Crippen molar-refractivity contribution < 1.29 is 9.84 Å². The van der Waals surface area contributed by atoms with Crippen LogP contribution in [0, 0.1) is 0 Å². The zero-order valence-electron chi connectivity index (χ0n) is 14.9. The molecule has 1 N–H and O–H groups in total. The number of rotatable bonds is 5. The molecule has 0 aliphatic carbocycles. The van der Waals surface area contributed by atoms with Gasteiger partial charge in [0.1, 0.15) is 0 Å². The van der Waals surface area contributed by atoms with Gasteiger partial charge >= 0.3 is 0 Å². The molecule has 0 bridgehead atoms. The van der Waals surface area contributed by atoms with Crippen molar-refractivity contribution in [2.75, 3.05) is 25.1 Å². The summed E-state index contributed by atoms with van der Waals surface area (Å²) < 4.78 is 7.12. The first-order valence-electron chi connectivity index (χ1n) is 8.25. The van der Waals surface area contributed by atoms with Gasteiger partial charge in [0.05, 0.1) is 29.0 Å². The number of aliphatic hydroxyl groups is 1. The van der Waals surface area contributed by atoms with Crippen LogP contribution in [-0.4, -0.2) is 46.1 Å². The number of fused-ring (bicyclic) bond motifs is 3. The van der Waals surface area contributed by atoms with E-state index in [4.69, 9.17) is 14.7 Å². The summed E-state index contributed by atoms with van der Waals surface area (Å²) in [6.07, 6.45) is 0.902. The standard InChI is InChI=1S/C17H25N3O2S2/c1-10(2)23-16-18-13-11-9-22-17(3,4)8-12(11)24-14(13)15(19-16)20(5)6-7-21/h10,21H,6-9H2,1-5H3. The molecule has 3 rings (SSSR count). The maximum Gasteiger partial charge on any atom is 0.190 e. The van der Waals surface area contributed by atoms with Gasteiger partial charge in [-0.3, -0.25) is 0 Å². The van der Waals surface area contributed by atoms with Gasteiger partial charge in [-0.1, -0.05) is 25.6 Å². The Morgan fingerprint density at radius 2 is 2.12 bits per heavy atom. The Balaban J connectivity index is 2.15. The Kier molecular flexibility index (Phi) is 5.06. The molecule has 0 radical (unpaired) electrons. The smallest absolute Gasteiger partial charge is 0.190 e. The van der Waals surface area contributed by atoms with E-state index in [1.54, 1.807) is 23.1 Å². The first kappa shape index (κ1) is 17.9. The number of hydrogen-bond donors (Lipinski definition) is 1. The Morgan fingerprint density at radius 1 is 1.38 bits per heavy atom. The summed E-state index contributed by atoms with van der Waals surface area (Å²) in [7, 11) is 1.97. The van der Waals surface area contributed by atoms with E-state index in [9.17, 15) is 5.11 Å². The van der Waals surface area contributed by atoms with E-state index in [-0.39, 0.29) is 12.2 Å². The molecule has 1 aliphatic heterocycles. The van der Waals surface area contributed by atoms with Gasteiger partial charge in [-0.25, -0.2) is 9.97 Å². The van der Waals surface area contributed by atoms with Crippen molar-refractivity contribution in [2.24, 2.45) is 0 Å². The molecule has 0 unspecified atom stereocenters. The van der Waals surface area contributed by atoms with Gasteiger partial charge in [-0.15, -0.1) is 11.3 Å². The third-order valence-corrected chi connectivity index (χ3v) is 6.09. The summed E-state index contributed by atoms with van der Waals surface area (Å²) in [4.78, 5) is 13.0. The Bertz CT molecular complexity index is 743. The Morgan fingerprint density at radius 3 is 2.79 bits per heavy atom. The first-order valence-corrected chi connectivity index (χ1v) is 9.95. The van der Waals surface area contributed by atoms with Gasteiger partial charge < -0.3 is 14.7 Å². The topological polar surface area (TPSA) is 58.5 Å². The van der Waals surface area contributed by atoms with Crippen molar-refractivity contribution in [3.05, 3.63) is 10.4 Å². The molecule has 3 heterocycles. The van der Waals surface area contributed by atoms with Gasteiger partial charge in [0.25, 0.3) is 0 Å². The summed E-state index contributed by atoms with van der Waals surface area (Å²) in [6, 6.07) is 0. The lowest BCUT2D eigenvalue weighted by molar-refractivity contribution is -0.0383. The fraction of sp³-hybridized carbons (Fsp3) is 0.647. The van der Waals surface area contributed by atoms with Crippen molar-refractivity contribution in [1.82, 2.24) is 9.97 Å². The molecule has 132 valence electrons. The third kappa shape index (κ3) is 3.54. The second kappa shape index (κ2) is 6.78. The first-order chi connectivity index (χ1) is 11.3. The van der Waals surface area contributed by atoms with Gasteiger partial charge in [-0.2, -0.15) is 0 Å². The van der Waals surface area contributed by atoms with Crippen LogP contribution in [0.5, 0.6) is 0 Å². The zero-order valence-corrected chi connectivity index (χ0v) is 16.6. The molecule has 0 amide bonds. The predicted molar refractivity (Wildman–Crippen MR) is 101 cm³/mol. The van der Waals surface area contributed by atoms with E-state index in [0.717, 1.165) is 27.6 Å². The Labute approximate surface area is 151 Å². The molecular weight excluding hydrogens is 342 g/mol. The number of likely N-dealkylation sites (N-methyl/N-ethyl adjacent to an activating group) is 1. The zero-order chi connectivity index (χ0) is 17.5. The molecule has 0 atom stereocenters. The van der Waals surface area contributed by atoms with Crippen LogP contribution in [0.15, 0.2) is 5.16 Å². The van der Waals surface area contributed by atoms with Gasteiger partial charge in [0.2, 0.25) is 0 Å². The van der Waals surface area contributed by atoms with E-state index in [1.165, 1.54) is 10.4 Å². The molecule has 0 fully saturated rings. The molecule has 0 spiro atoms. The fourth-order valence-electron chi connectivity index (χ4n) is 2.81. The lowest BCUT2D eigenvalue weighted by atomic mass is 9.98. The van der Waals surface area contributed by atoms with E-state index >= 15 is 0 Å². The van der Waals surface area contributed by atoms with Crippen LogP contribution in [0.25, 0.3) is 10.2 Å². The molecular formula is C17H25N3O2S2. The lowest BCUT2D eigenvalue weighted by Crippen LogP contribution is -2.30. The summed E-state index contributed by atoms with van der Waals surface area (Å²) >= 11 is 3.44. The summed E-state index contributed by atoms with van der Waals surface area (Å²) in [5.74, 6) is 0.911. The average molecular weight is 368 g/mol. The molecule has 1 aliphatic rings. The van der Waals surface area contributed by atoms with Gasteiger partial charge in [0, 0.05) is 35.7 Å². The highest BCUT2D eigenvalue weighted by Gasteiger charge is 2.31. The second-order valence-electron chi connectivity index (χ2n) is 7.05. The van der Waals surface area contributed by atoms with E-state index in [1.807, 2.05) is 11.9 Å². The normalized spacial score (nSPS) is 16.6. The number of thiophene rings is 1. The maximum atomic E-state index is 9.31. The highest BCUT2D eigenvalue weighted by molar-refractivity contribution is 7.99. The molecule has 0 saturated heterocycles. The molecule has 0 aromatic carbocycles. The SMILES string of the molecule is CC(C)Sc1nc(N(C)CCO)c2sc3c(c2n1)COC(C)(C)C3. The average Bonchev–Trinajstić information content (AvgIpc) is 2.81. The number of thioether (sulfide) groups is 1. The van der Waals surface area contributed by atoms with Crippen LogP contribution < -0.4 is 4.90 Å². The van der Waals surface area contributed by atoms with E-state index in [2.05, 4.69) is 27.7 Å². The van der Waals surface area contributed by atoms with Gasteiger partial charge in [0.15, 0.2) is 11.0 Å². The number of aromatic nitrogens is 2. The third-order valence-electron chi connectivity index (χ3n) is 4.01. The lowest BCUT2D eigenvalue weighted by Gasteiger charge is -2.29. The van der Waals surface area contributed by atoms with Crippen LogP contribution in [-0.2, 0) is 17.8 Å². The highest BCUT2D eigenvalue weighted by atomic mass is 32.2. The van der Waals surface area contributed by atoms with E-state index in [0.29, 0.717) is 18.4 Å². The quantitative estimate of drug-likeness (QED) is 0.645. The molecule has 5 nitrogen and oxygen atoms in total. The van der Waals surface area contributed by atoms with E-state index < -0.39 is 0 Å². The van der Waals surface area contributed by atoms with Crippen LogP contribution >= 0.6 is 23.1 Å². The van der Waals surface area contributed by atoms with Gasteiger partial charge in [-0.05, 0) is 13.8 Å². The van der Waals surface area contributed by atoms with Crippen molar-refractivity contribution in [3.63, 3.8) is 0 Å². The Hall–Kier alpha value is -0.890. The van der Waals surface area contributed by atoms with Crippen molar-refractivity contribution >= 4 is 39.1 Å². The summed E-state index contributed by atoms with van der Waals surface area (Å²) in [5.41, 5.74) is 2.10. The van der Waals surface area contributed by atoms with Crippen molar-refractivity contribution in [2.45, 2.75) is 56.7 Å². The summed E-state index contributed by atoms with van der Waals surface area (Å²) in [6.45, 7) is 9.82. The number of aliphatic hydroxyl groups excluding tert-OH is 1. The highest BCUT2D eigenvalue weighted by Crippen LogP contribution is 2.42. The summed E-state index contributed by atoms with van der Waals surface area (Å²) in [5, 5.41) is 10.5. The number of anilines is 1.